The Morgan fingerprint density at radius 1 is 1.06 bits per heavy atom. The van der Waals surface area contributed by atoms with Crippen molar-refractivity contribution >= 4 is 28.6 Å². The van der Waals surface area contributed by atoms with E-state index in [2.05, 4.69) is 49.3 Å². The van der Waals surface area contributed by atoms with Gasteiger partial charge in [0.25, 0.3) is 5.91 Å². The summed E-state index contributed by atoms with van der Waals surface area (Å²) < 4.78 is 1.76. The third-order valence-corrected chi connectivity index (χ3v) is 6.37. The fourth-order valence-corrected chi connectivity index (χ4v) is 4.35. The van der Waals surface area contributed by atoms with Crippen LogP contribution < -0.4 is 10.2 Å². The van der Waals surface area contributed by atoms with Gasteiger partial charge >= 0.3 is 0 Å². The number of nitrogens with zero attached hydrogens (tertiary/aromatic N) is 7. The SMILES string of the molecule is CN(C)C1CCN(c2cc(C(=O)Nc3ncc4ccc(-c5cnn(C)c5)cc4n3)ccn2)CC1. The number of rotatable bonds is 5. The first-order valence-electron chi connectivity index (χ1n) is 11.4. The molecule has 5 rings (SSSR count). The maximum Gasteiger partial charge on any atom is 0.258 e. The molecule has 0 saturated carbocycles. The van der Waals surface area contributed by atoms with E-state index in [1.54, 1.807) is 23.1 Å². The van der Waals surface area contributed by atoms with E-state index in [1.807, 2.05) is 43.7 Å². The highest BCUT2D eigenvalue weighted by atomic mass is 16.1. The lowest BCUT2D eigenvalue weighted by molar-refractivity contribution is 0.102. The van der Waals surface area contributed by atoms with Crippen LogP contribution in [0.2, 0.25) is 0 Å². The lowest BCUT2D eigenvalue weighted by Crippen LogP contribution is -2.42. The molecular weight excluding hydrogens is 428 g/mol. The third-order valence-electron chi connectivity index (χ3n) is 6.37. The van der Waals surface area contributed by atoms with Crippen molar-refractivity contribution < 1.29 is 4.79 Å². The number of nitrogens with one attached hydrogen (secondary N) is 1. The predicted octanol–water partition coefficient (Wildman–Crippen LogP) is 3.21. The fraction of sp³-hybridized carbons (Fsp3) is 0.320. The van der Waals surface area contributed by atoms with E-state index in [9.17, 15) is 4.79 Å². The zero-order valence-corrected chi connectivity index (χ0v) is 19.6. The molecule has 0 atom stereocenters. The van der Waals surface area contributed by atoms with Gasteiger partial charge in [-0.1, -0.05) is 12.1 Å². The zero-order chi connectivity index (χ0) is 23.7. The van der Waals surface area contributed by atoms with Crippen LogP contribution in [0, 0.1) is 0 Å². The molecule has 4 heterocycles. The summed E-state index contributed by atoms with van der Waals surface area (Å²) in [5, 5.41) is 7.97. The molecule has 1 amide bonds. The van der Waals surface area contributed by atoms with Gasteiger partial charge in [-0.25, -0.2) is 15.0 Å². The topological polar surface area (TPSA) is 92.1 Å². The first kappa shape index (κ1) is 22.0. The lowest BCUT2D eigenvalue weighted by Gasteiger charge is -2.35. The minimum atomic E-state index is -0.255. The Kier molecular flexibility index (Phi) is 5.93. The molecule has 1 fully saturated rings. The number of carbonyl (C=O) groups excluding carboxylic acids is 1. The normalized spacial score (nSPS) is 14.6. The molecule has 9 nitrogen and oxygen atoms in total. The van der Waals surface area contributed by atoms with E-state index in [1.165, 1.54) is 0 Å². The van der Waals surface area contributed by atoms with Crippen LogP contribution in [-0.2, 0) is 7.05 Å². The number of piperidine rings is 1. The van der Waals surface area contributed by atoms with Crippen molar-refractivity contribution in [3.05, 3.63) is 60.7 Å². The average molecular weight is 457 g/mol. The molecular formula is C25H28N8O. The van der Waals surface area contributed by atoms with Crippen LogP contribution in [0.25, 0.3) is 22.0 Å². The number of anilines is 2. The second-order valence-corrected chi connectivity index (χ2v) is 8.91. The van der Waals surface area contributed by atoms with Gasteiger partial charge in [-0.3, -0.25) is 14.8 Å². The Morgan fingerprint density at radius 2 is 1.88 bits per heavy atom. The smallest absolute Gasteiger partial charge is 0.258 e. The molecule has 0 unspecified atom stereocenters. The van der Waals surface area contributed by atoms with Gasteiger partial charge in [0.15, 0.2) is 0 Å². The van der Waals surface area contributed by atoms with Crippen molar-refractivity contribution in [2.75, 3.05) is 37.4 Å². The molecule has 1 saturated heterocycles. The predicted molar refractivity (Wildman–Crippen MR) is 133 cm³/mol. The standard InChI is InChI=1S/C25H28N8O/c1-31(2)21-7-10-33(11-8-21)23-13-18(6-9-26-23)24(34)30-25-27-14-19-5-4-17(12-22(19)29-25)20-15-28-32(3)16-20/h4-6,9,12-16,21H,7-8,10-11H2,1-3H3,(H,27,29,30,34). The number of pyridine rings is 1. The van der Waals surface area contributed by atoms with Crippen LogP contribution in [0.1, 0.15) is 23.2 Å². The van der Waals surface area contributed by atoms with Gasteiger partial charge < -0.3 is 9.80 Å². The summed E-state index contributed by atoms with van der Waals surface area (Å²) in [5.74, 6) is 0.839. The van der Waals surface area contributed by atoms with E-state index in [4.69, 9.17) is 0 Å². The van der Waals surface area contributed by atoms with E-state index >= 15 is 0 Å². The molecule has 3 aromatic heterocycles. The maximum absolute atomic E-state index is 13.0. The summed E-state index contributed by atoms with van der Waals surface area (Å²) in [7, 11) is 6.13. The molecule has 0 radical (unpaired) electrons. The lowest BCUT2D eigenvalue weighted by atomic mass is 10.0. The minimum absolute atomic E-state index is 0.255. The molecule has 0 bridgehead atoms. The van der Waals surface area contributed by atoms with E-state index in [0.717, 1.165) is 53.8 Å². The molecule has 1 aliphatic heterocycles. The van der Waals surface area contributed by atoms with Crippen molar-refractivity contribution in [3.63, 3.8) is 0 Å². The second-order valence-electron chi connectivity index (χ2n) is 8.91. The van der Waals surface area contributed by atoms with Gasteiger partial charge in [0.1, 0.15) is 5.82 Å². The van der Waals surface area contributed by atoms with Gasteiger partial charge in [0.05, 0.1) is 11.7 Å². The molecule has 0 spiro atoms. The summed E-state index contributed by atoms with van der Waals surface area (Å²) in [6.07, 6.45) is 9.33. The third kappa shape index (κ3) is 4.60. The molecule has 174 valence electrons. The Balaban J connectivity index is 1.32. The van der Waals surface area contributed by atoms with Gasteiger partial charge in [0, 0.05) is 61.3 Å². The van der Waals surface area contributed by atoms with Crippen molar-refractivity contribution in [2.24, 2.45) is 7.05 Å². The Morgan fingerprint density at radius 3 is 2.62 bits per heavy atom. The number of fused-ring (bicyclic) bond motifs is 1. The summed E-state index contributed by atoms with van der Waals surface area (Å²) in [6.45, 7) is 1.85. The van der Waals surface area contributed by atoms with Crippen molar-refractivity contribution in [1.82, 2.24) is 29.6 Å². The number of aromatic nitrogens is 5. The van der Waals surface area contributed by atoms with Crippen LogP contribution >= 0.6 is 0 Å². The Labute approximate surface area is 198 Å². The highest BCUT2D eigenvalue weighted by Gasteiger charge is 2.22. The van der Waals surface area contributed by atoms with E-state index < -0.39 is 0 Å². The Bertz CT molecular complexity index is 1320. The van der Waals surface area contributed by atoms with Gasteiger partial charge in [-0.2, -0.15) is 5.10 Å². The minimum Gasteiger partial charge on any atom is -0.356 e. The van der Waals surface area contributed by atoms with Crippen LogP contribution in [0.5, 0.6) is 0 Å². The van der Waals surface area contributed by atoms with Crippen LogP contribution in [0.15, 0.2) is 55.1 Å². The highest BCUT2D eigenvalue weighted by Crippen LogP contribution is 2.24. The molecule has 9 heteroatoms. The van der Waals surface area contributed by atoms with E-state index in [0.29, 0.717) is 11.6 Å². The molecule has 1 aliphatic rings. The monoisotopic (exact) mass is 456 g/mol. The van der Waals surface area contributed by atoms with Crippen molar-refractivity contribution in [3.8, 4) is 11.1 Å². The molecule has 34 heavy (non-hydrogen) atoms. The number of aryl methyl sites for hydroxylation is 1. The van der Waals surface area contributed by atoms with Crippen molar-refractivity contribution in [2.45, 2.75) is 18.9 Å². The first-order valence-corrected chi connectivity index (χ1v) is 11.4. The largest absolute Gasteiger partial charge is 0.356 e. The second kappa shape index (κ2) is 9.18. The molecule has 0 aliphatic carbocycles. The quantitative estimate of drug-likeness (QED) is 0.493. The van der Waals surface area contributed by atoms with Crippen LogP contribution in [0.4, 0.5) is 11.8 Å². The molecule has 1 N–H and O–H groups in total. The van der Waals surface area contributed by atoms with Gasteiger partial charge in [-0.15, -0.1) is 0 Å². The van der Waals surface area contributed by atoms with Gasteiger partial charge in [-0.05, 0) is 50.7 Å². The highest BCUT2D eigenvalue weighted by molar-refractivity contribution is 6.04. The summed E-state index contributed by atoms with van der Waals surface area (Å²) in [5.41, 5.74) is 3.30. The average Bonchev–Trinajstić information content (AvgIpc) is 3.30. The summed E-state index contributed by atoms with van der Waals surface area (Å²) in [4.78, 5) is 30.9. The summed E-state index contributed by atoms with van der Waals surface area (Å²) >= 11 is 0. The maximum atomic E-state index is 13.0. The number of carbonyl (C=O) groups is 1. The number of amides is 1. The summed E-state index contributed by atoms with van der Waals surface area (Å²) in [6, 6.07) is 10.1. The van der Waals surface area contributed by atoms with Gasteiger partial charge in [0.2, 0.25) is 5.95 Å². The zero-order valence-electron chi connectivity index (χ0n) is 19.6. The molecule has 4 aromatic rings. The fourth-order valence-electron chi connectivity index (χ4n) is 4.35. The van der Waals surface area contributed by atoms with E-state index in [-0.39, 0.29) is 11.9 Å². The molecule has 1 aromatic carbocycles. The van der Waals surface area contributed by atoms with Crippen LogP contribution in [0.3, 0.4) is 0 Å². The number of hydrogen-bond acceptors (Lipinski definition) is 7. The Hall–Kier alpha value is -3.85. The number of benzene rings is 1. The van der Waals surface area contributed by atoms with Crippen molar-refractivity contribution in [1.29, 1.82) is 0 Å². The number of hydrogen-bond donors (Lipinski definition) is 1. The first-order chi connectivity index (χ1) is 16.5. The van der Waals surface area contributed by atoms with Crippen LogP contribution in [-0.4, -0.2) is 68.8 Å².